The highest BCUT2D eigenvalue weighted by molar-refractivity contribution is 9.10. The number of ether oxygens (including phenoxy) is 1. The summed E-state index contributed by atoms with van der Waals surface area (Å²) in [6.45, 7) is 0.572. The van der Waals surface area contributed by atoms with Crippen LogP contribution in [0.5, 0.6) is 5.75 Å². The Hall–Kier alpha value is -1.13. The summed E-state index contributed by atoms with van der Waals surface area (Å²) < 4.78 is 11.3. The standard InChI is InChI=1S/C12H11BrClNO2/c1-16-11-4-2-8(14)6-10(11)15-7-9-3-5-12(13)17-9/h2-6,15H,7H2,1H3. The topological polar surface area (TPSA) is 34.4 Å². The number of hydrogen-bond donors (Lipinski definition) is 1. The molecule has 0 radical (unpaired) electrons. The van der Waals surface area contributed by atoms with Crippen molar-refractivity contribution in [3.8, 4) is 5.75 Å². The van der Waals surface area contributed by atoms with E-state index in [4.69, 9.17) is 20.8 Å². The molecule has 3 nitrogen and oxygen atoms in total. The number of anilines is 1. The molecule has 2 aromatic rings. The Labute approximate surface area is 113 Å². The van der Waals surface area contributed by atoms with E-state index in [1.807, 2.05) is 24.3 Å². The molecule has 5 heteroatoms. The second-order valence-electron chi connectivity index (χ2n) is 3.40. The number of furan rings is 1. The first-order valence-corrected chi connectivity index (χ1v) is 6.18. The minimum atomic E-state index is 0.572. The molecule has 0 atom stereocenters. The van der Waals surface area contributed by atoms with Crippen LogP contribution in [-0.4, -0.2) is 7.11 Å². The van der Waals surface area contributed by atoms with E-state index in [0.717, 1.165) is 17.2 Å². The molecule has 0 saturated heterocycles. The molecule has 1 heterocycles. The average Bonchev–Trinajstić information content (AvgIpc) is 2.73. The van der Waals surface area contributed by atoms with Gasteiger partial charge in [-0.05, 0) is 46.3 Å². The van der Waals surface area contributed by atoms with Crippen molar-refractivity contribution in [2.75, 3.05) is 12.4 Å². The first-order valence-electron chi connectivity index (χ1n) is 5.00. The average molecular weight is 317 g/mol. The van der Waals surface area contributed by atoms with E-state index in [9.17, 15) is 0 Å². The van der Waals surface area contributed by atoms with E-state index >= 15 is 0 Å². The van der Waals surface area contributed by atoms with Crippen LogP contribution in [0.25, 0.3) is 0 Å². The van der Waals surface area contributed by atoms with Crippen molar-refractivity contribution in [1.82, 2.24) is 0 Å². The maximum atomic E-state index is 5.93. The number of rotatable bonds is 4. The minimum absolute atomic E-state index is 0.572. The zero-order valence-corrected chi connectivity index (χ0v) is 11.5. The first-order chi connectivity index (χ1) is 8.19. The predicted molar refractivity (Wildman–Crippen MR) is 71.7 cm³/mol. The van der Waals surface area contributed by atoms with Crippen LogP contribution in [0.15, 0.2) is 39.4 Å². The zero-order chi connectivity index (χ0) is 12.3. The number of benzene rings is 1. The summed E-state index contributed by atoms with van der Waals surface area (Å²) >= 11 is 9.19. The van der Waals surface area contributed by atoms with Crippen molar-refractivity contribution in [2.45, 2.75) is 6.54 Å². The quantitative estimate of drug-likeness (QED) is 0.912. The van der Waals surface area contributed by atoms with Crippen LogP contribution in [-0.2, 0) is 6.54 Å². The molecular formula is C12H11BrClNO2. The number of hydrogen-bond acceptors (Lipinski definition) is 3. The van der Waals surface area contributed by atoms with E-state index < -0.39 is 0 Å². The van der Waals surface area contributed by atoms with Crippen LogP contribution >= 0.6 is 27.5 Å². The van der Waals surface area contributed by atoms with Gasteiger partial charge in [0.05, 0.1) is 19.3 Å². The Balaban J connectivity index is 2.10. The Morgan fingerprint density at radius 2 is 2.18 bits per heavy atom. The molecule has 2 rings (SSSR count). The fourth-order valence-electron chi connectivity index (χ4n) is 1.45. The summed E-state index contributed by atoms with van der Waals surface area (Å²) in [6.07, 6.45) is 0. The summed E-state index contributed by atoms with van der Waals surface area (Å²) in [5.74, 6) is 1.58. The molecule has 0 bridgehead atoms. The largest absolute Gasteiger partial charge is 0.495 e. The molecule has 0 aliphatic carbocycles. The fraction of sp³-hybridized carbons (Fsp3) is 0.167. The number of methoxy groups -OCH3 is 1. The van der Waals surface area contributed by atoms with Gasteiger partial charge in [-0.1, -0.05) is 11.6 Å². The molecule has 0 saturated carbocycles. The third-order valence-corrected chi connectivity index (χ3v) is 2.90. The van der Waals surface area contributed by atoms with Gasteiger partial charge in [0.2, 0.25) is 0 Å². The van der Waals surface area contributed by atoms with Gasteiger partial charge >= 0.3 is 0 Å². The fourth-order valence-corrected chi connectivity index (χ4v) is 1.96. The van der Waals surface area contributed by atoms with Crippen LogP contribution in [0.1, 0.15) is 5.76 Å². The van der Waals surface area contributed by atoms with Gasteiger partial charge in [0.25, 0.3) is 0 Å². The normalized spacial score (nSPS) is 10.3. The van der Waals surface area contributed by atoms with E-state index in [1.165, 1.54) is 0 Å². The number of halogens is 2. The molecule has 0 aliphatic heterocycles. The van der Waals surface area contributed by atoms with Crippen LogP contribution in [0.2, 0.25) is 5.02 Å². The van der Waals surface area contributed by atoms with Gasteiger partial charge in [-0.15, -0.1) is 0 Å². The first kappa shape index (κ1) is 12.3. The molecule has 0 fully saturated rings. The monoisotopic (exact) mass is 315 g/mol. The molecule has 1 N–H and O–H groups in total. The van der Waals surface area contributed by atoms with Crippen molar-refractivity contribution in [1.29, 1.82) is 0 Å². The SMILES string of the molecule is COc1ccc(Cl)cc1NCc1ccc(Br)o1. The van der Waals surface area contributed by atoms with E-state index in [1.54, 1.807) is 13.2 Å². The highest BCUT2D eigenvalue weighted by Gasteiger charge is 2.05. The van der Waals surface area contributed by atoms with Crippen molar-refractivity contribution in [2.24, 2.45) is 0 Å². The van der Waals surface area contributed by atoms with Gasteiger partial charge in [-0.3, -0.25) is 0 Å². The molecule has 0 unspecified atom stereocenters. The lowest BCUT2D eigenvalue weighted by Gasteiger charge is -2.10. The summed E-state index contributed by atoms with van der Waals surface area (Å²) in [6, 6.07) is 9.18. The van der Waals surface area contributed by atoms with Crippen molar-refractivity contribution in [3.05, 3.63) is 45.8 Å². The molecule has 0 aliphatic rings. The van der Waals surface area contributed by atoms with Gasteiger partial charge in [0, 0.05) is 5.02 Å². The van der Waals surface area contributed by atoms with Gasteiger partial charge in [0.1, 0.15) is 11.5 Å². The Morgan fingerprint density at radius 3 is 2.82 bits per heavy atom. The van der Waals surface area contributed by atoms with Gasteiger partial charge in [-0.2, -0.15) is 0 Å². The van der Waals surface area contributed by atoms with Crippen LogP contribution in [0.3, 0.4) is 0 Å². The Morgan fingerprint density at radius 1 is 1.35 bits per heavy atom. The second kappa shape index (κ2) is 5.47. The molecule has 17 heavy (non-hydrogen) atoms. The molecule has 0 amide bonds. The predicted octanol–water partition coefficient (Wildman–Crippen LogP) is 4.32. The third kappa shape index (κ3) is 3.17. The maximum absolute atomic E-state index is 5.93. The lowest BCUT2D eigenvalue weighted by Crippen LogP contribution is -2.00. The Bertz CT molecular complexity index is 513. The lowest BCUT2D eigenvalue weighted by atomic mass is 10.3. The van der Waals surface area contributed by atoms with Crippen molar-refractivity contribution < 1.29 is 9.15 Å². The maximum Gasteiger partial charge on any atom is 0.169 e. The summed E-state index contributed by atoms with van der Waals surface area (Å²) in [7, 11) is 1.62. The van der Waals surface area contributed by atoms with Crippen molar-refractivity contribution in [3.63, 3.8) is 0 Å². The summed E-state index contributed by atoms with van der Waals surface area (Å²) in [5, 5.41) is 3.87. The van der Waals surface area contributed by atoms with Crippen molar-refractivity contribution >= 4 is 33.2 Å². The molecule has 1 aromatic carbocycles. The molecular weight excluding hydrogens is 305 g/mol. The summed E-state index contributed by atoms with van der Waals surface area (Å²) in [4.78, 5) is 0. The van der Waals surface area contributed by atoms with E-state index in [-0.39, 0.29) is 0 Å². The molecule has 1 aromatic heterocycles. The van der Waals surface area contributed by atoms with Crippen LogP contribution < -0.4 is 10.1 Å². The van der Waals surface area contributed by atoms with E-state index in [0.29, 0.717) is 16.2 Å². The minimum Gasteiger partial charge on any atom is -0.495 e. The van der Waals surface area contributed by atoms with Gasteiger partial charge in [0.15, 0.2) is 4.67 Å². The lowest BCUT2D eigenvalue weighted by molar-refractivity contribution is 0.416. The Kier molecular flexibility index (Phi) is 3.97. The van der Waals surface area contributed by atoms with E-state index in [2.05, 4.69) is 21.2 Å². The van der Waals surface area contributed by atoms with Gasteiger partial charge < -0.3 is 14.5 Å². The third-order valence-electron chi connectivity index (χ3n) is 2.24. The molecule has 90 valence electrons. The second-order valence-corrected chi connectivity index (χ2v) is 4.62. The summed E-state index contributed by atoms with van der Waals surface area (Å²) in [5.41, 5.74) is 0.840. The highest BCUT2D eigenvalue weighted by Crippen LogP contribution is 2.28. The van der Waals surface area contributed by atoms with Crippen LogP contribution in [0.4, 0.5) is 5.69 Å². The molecule has 0 spiro atoms. The smallest absolute Gasteiger partial charge is 0.169 e. The number of nitrogens with one attached hydrogen (secondary N) is 1. The zero-order valence-electron chi connectivity index (χ0n) is 9.17. The highest BCUT2D eigenvalue weighted by atomic mass is 79.9. The van der Waals surface area contributed by atoms with Gasteiger partial charge in [-0.25, -0.2) is 0 Å². The van der Waals surface area contributed by atoms with Crippen LogP contribution in [0, 0.1) is 0 Å².